The van der Waals surface area contributed by atoms with Gasteiger partial charge in [-0.25, -0.2) is 0 Å². The van der Waals surface area contributed by atoms with E-state index < -0.39 is 0 Å². The Morgan fingerprint density at radius 1 is 1.73 bits per heavy atom. The van der Waals surface area contributed by atoms with Crippen LogP contribution in [0.2, 0.25) is 0 Å². The Labute approximate surface area is 68.8 Å². The first-order chi connectivity index (χ1) is 5.09. The zero-order valence-electron chi connectivity index (χ0n) is 7.55. The third-order valence-corrected chi connectivity index (χ3v) is 2.16. The molecule has 0 aliphatic heterocycles. The van der Waals surface area contributed by atoms with Crippen molar-refractivity contribution >= 4 is 0 Å². The van der Waals surface area contributed by atoms with E-state index in [1.807, 2.05) is 6.08 Å². The van der Waals surface area contributed by atoms with E-state index in [9.17, 15) is 0 Å². The van der Waals surface area contributed by atoms with E-state index in [0.717, 1.165) is 6.42 Å². The lowest BCUT2D eigenvalue weighted by molar-refractivity contribution is 0.117. The van der Waals surface area contributed by atoms with Crippen LogP contribution in [0.4, 0.5) is 0 Å². The van der Waals surface area contributed by atoms with Crippen LogP contribution in [0.1, 0.15) is 20.3 Å². The molecule has 0 heterocycles. The SMILES string of the molecule is C=CC1=CC(C)(C)CC1OC. The largest absolute Gasteiger partial charge is 0.377 e. The van der Waals surface area contributed by atoms with Crippen LogP contribution in [0.25, 0.3) is 0 Å². The predicted octanol–water partition coefficient (Wildman–Crippen LogP) is 2.54. The molecule has 62 valence electrons. The van der Waals surface area contributed by atoms with Crippen LogP contribution in [0, 0.1) is 5.41 Å². The Hall–Kier alpha value is -0.560. The van der Waals surface area contributed by atoms with Crippen LogP contribution in [0.3, 0.4) is 0 Å². The van der Waals surface area contributed by atoms with Crippen molar-refractivity contribution in [1.29, 1.82) is 0 Å². The Morgan fingerprint density at radius 3 is 2.73 bits per heavy atom. The summed E-state index contributed by atoms with van der Waals surface area (Å²) < 4.78 is 5.31. The van der Waals surface area contributed by atoms with Gasteiger partial charge in [0.25, 0.3) is 0 Å². The molecule has 0 saturated heterocycles. The van der Waals surface area contributed by atoms with Gasteiger partial charge in [0.2, 0.25) is 0 Å². The quantitative estimate of drug-likeness (QED) is 0.591. The Bertz CT molecular complexity index is 189. The Morgan fingerprint density at radius 2 is 2.36 bits per heavy atom. The second kappa shape index (κ2) is 2.82. The topological polar surface area (TPSA) is 9.23 Å². The molecule has 0 radical (unpaired) electrons. The van der Waals surface area contributed by atoms with E-state index in [2.05, 4.69) is 26.5 Å². The Kier molecular flexibility index (Phi) is 2.19. The van der Waals surface area contributed by atoms with Gasteiger partial charge in [0, 0.05) is 7.11 Å². The molecule has 0 spiro atoms. The van der Waals surface area contributed by atoms with E-state index in [0.29, 0.717) is 0 Å². The fourth-order valence-corrected chi connectivity index (χ4v) is 1.61. The highest BCUT2D eigenvalue weighted by molar-refractivity contribution is 5.29. The number of ether oxygens (including phenoxy) is 1. The maximum atomic E-state index is 5.31. The van der Waals surface area contributed by atoms with Crippen molar-refractivity contribution in [3.63, 3.8) is 0 Å². The average Bonchev–Trinajstić information content (AvgIpc) is 2.25. The van der Waals surface area contributed by atoms with Gasteiger partial charge in [-0.15, -0.1) is 0 Å². The molecular weight excluding hydrogens is 136 g/mol. The summed E-state index contributed by atoms with van der Waals surface area (Å²) in [4.78, 5) is 0. The molecule has 11 heavy (non-hydrogen) atoms. The highest BCUT2D eigenvalue weighted by atomic mass is 16.5. The average molecular weight is 152 g/mol. The molecule has 0 N–H and O–H groups in total. The van der Waals surface area contributed by atoms with E-state index in [1.54, 1.807) is 7.11 Å². The lowest BCUT2D eigenvalue weighted by Crippen LogP contribution is -2.12. The predicted molar refractivity (Wildman–Crippen MR) is 47.5 cm³/mol. The minimum absolute atomic E-state index is 0.266. The van der Waals surface area contributed by atoms with Gasteiger partial charge >= 0.3 is 0 Å². The summed E-state index contributed by atoms with van der Waals surface area (Å²) in [5, 5.41) is 0. The molecule has 0 amide bonds. The van der Waals surface area contributed by atoms with Crippen molar-refractivity contribution < 1.29 is 4.74 Å². The van der Waals surface area contributed by atoms with Crippen molar-refractivity contribution in [2.45, 2.75) is 26.4 Å². The van der Waals surface area contributed by atoms with Crippen molar-refractivity contribution in [2.24, 2.45) is 5.41 Å². The summed E-state index contributed by atoms with van der Waals surface area (Å²) in [5.41, 5.74) is 1.52. The summed E-state index contributed by atoms with van der Waals surface area (Å²) in [6.45, 7) is 8.19. The van der Waals surface area contributed by atoms with E-state index in [-0.39, 0.29) is 11.5 Å². The van der Waals surface area contributed by atoms with Crippen LogP contribution in [0.15, 0.2) is 24.3 Å². The third-order valence-electron chi connectivity index (χ3n) is 2.16. The molecule has 0 fully saturated rings. The van der Waals surface area contributed by atoms with E-state index >= 15 is 0 Å². The molecule has 1 heteroatoms. The number of hydrogen-bond donors (Lipinski definition) is 0. The molecule has 1 rings (SSSR count). The minimum atomic E-state index is 0.266. The number of rotatable bonds is 2. The van der Waals surface area contributed by atoms with Crippen LogP contribution in [-0.2, 0) is 4.74 Å². The van der Waals surface area contributed by atoms with Gasteiger partial charge in [-0.1, -0.05) is 32.6 Å². The smallest absolute Gasteiger partial charge is 0.0826 e. The maximum Gasteiger partial charge on any atom is 0.0826 e. The molecule has 1 unspecified atom stereocenters. The highest BCUT2D eigenvalue weighted by Crippen LogP contribution is 2.36. The molecule has 0 aromatic heterocycles. The molecule has 0 bridgehead atoms. The fraction of sp³-hybridized carbons (Fsp3) is 0.600. The second-order valence-corrected chi connectivity index (χ2v) is 3.77. The van der Waals surface area contributed by atoms with Gasteiger partial charge in [0.05, 0.1) is 6.10 Å². The van der Waals surface area contributed by atoms with Crippen molar-refractivity contribution in [3.8, 4) is 0 Å². The zero-order valence-corrected chi connectivity index (χ0v) is 7.55. The fourth-order valence-electron chi connectivity index (χ4n) is 1.61. The molecule has 1 aliphatic carbocycles. The molecule has 1 aliphatic rings. The van der Waals surface area contributed by atoms with Crippen LogP contribution >= 0.6 is 0 Å². The number of hydrogen-bond acceptors (Lipinski definition) is 1. The zero-order chi connectivity index (χ0) is 8.48. The standard InChI is InChI=1S/C10H16O/c1-5-8-6-10(2,3)7-9(8)11-4/h5-6,9H,1,7H2,2-4H3. The van der Waals surface area contributed by atoms with Gasteiger partial charge in [0.1, 0.15) is 0 Å². The lowest BCUT2D eigenvalue weighted by Gasteiger charge is -2.16. The number of methoxy groups -OCH3 is 1. The van der Waals surface area contributed by atoms with Crippen molar-refractivity contribution in [2.75, 3.05) is 7.11 Å². The molecular formula is C10H16O. The third kappa shape index (κ3) is 1.72. The monoisotopic (exact) mass is 152 g/mol. The summed E-state index contributed by atoms with van der Waals surface area (Å²) in [6.07, 6.45) is 5.48. The van der Waals surface area contributed by atoms with Gasteiger partial charge in [-0.2, -0.15) is 0 Å². The molecule has 0 saturated carbocycles. The summed E-state index contributed by atoms with van der Waals surface area (Å²) in [6, 6.07) is 0. The summed E-state index contributed by atoms with van der Waals surface area (Å²) in [7, 11) is 1.75. The van der Waals surface area contributed by atoms with Gasteiger partial charge < -0.3 is 4.74 Å². The van der Waals surface area contributed by atoms with Crippen LogP contribution in [-0.4, -0.2) is 13.2 Å². The first-order valence-electron chi connectivity index (χ1n) is 3.97. The van der Waals surface area contributed by atoms with E-state index in [1.165, 1.54) is 5.57 Å². The van der Waals surface area contributed by atoms with Crippen molar-refractivity contribution in [3.05, 3.63) is 24.3 Å². The summed E-state index contributed by atoms with van der Waals surface area (Å²) in [5.74, 6) is 0. The normalized spacial score (nSPS) is 28.3. The minimum Gasteiger partial charge on any atom is -0.377 e. The molecule has 1 atom stereocenters. The first-order valence-corrected chi connectivity index (χ1v) is 3.97. The first kappa shape index (κ1) is 8.54. The molecule has 1 nitrogen and oxygen atoms in total. The Balaban J connectivity index is 2.79. The lowest BCUT2D eigenvalue weighted by atomic mass is 9.93. The second-order valence-electron chi connectivity index (χ2n) is 3.77. The van der Waals surface area contributed by atoms with Crippen molar-refractivity contribution in [1.82, 2.24) is 0 Å². The highest BCUT2D eigenvalue weighted by Gasteiger charge is 2.29. The molecule has 0 aromatic carbocycles. The van der Waals surface area contributed by atoms with Crippen LogP contribution in [0.5, 0.6) is 0 Å². The van der Waals surface area contributed by atoms with Gasteiger partial charge in [0.15, 0.2) is 0 Å². The summed E-state index contributed by atoms with van der Waals surface area (Å²) >= 11 is 0. The van der Waals surface area contributed by atoms with Gasteiger partial charge in [-0.3, -0.25) is 0 Å². The maximum absolute atomic E-state index is 5.31. The molecule has 0 aromatic rings. The van der Waals surface area contributed by atoms with Gasteiger partial charge in [-0.05, 0) is 17.4 Å². The van der Waals surface area contributed by atoms with Crippen LogP contribution < -0.4 is 0 Å². The van der Waals surface area contributed by atoms with E-state index in [4.69, 9.17) is 4.74 Å². The number of allylic oxidation sites excluding steroid dienone is 1.